The van der Waals surface area contributed by atoms with Crippen LogP contribution in [-0.2, 0) is 20.7 Å². The van der Waals surface area contributed by atoms with Crippen LogP contribution >= 0.6 is 0 Å². The zero-order chi connectivity index (χ0) is 16.9. The van der Waals surface area contributed by atoms with Crippen molar-refractivity contribution < 1.29 is 27.4 Å². The molecule has 0 aliphatic heterocycles. The molecule has 0 aliphatic carbocycles. The number of hydrogen-bond donors (Lipinski definition) is 0. The summed E-state index contributed by atoms with van der Waals surface area (Å²) in [5, 5.41) is 0. The zero-order valence-electron chi connectivity index (χ0n) is 13.2. The van der Waals surface area contributed by atoms with Crippen LogP contribution in [0.3, 0.4) is 0 Å². The van der Waals surface area contributed by atoms with Gasteiger partial charge in [0.05, 0.1) is 24.7 Å². The van der Waals surface area contributed by atoms with Gasteiger partial charge >= 0.3 is 5.97 Å². The molecule has 1 unspecified atom stereocenters. The molecule has 3 nitrogen and oxygen atoms in total. The predicted octanol–water partition coefficient (Wildman–Crippen LogP) is 3.78. The smallest absolute Gasteiger partial charge is 0.308 e. The van der Waals surface area contributed by atoms with E-state index in [0.717, 1.165) is 6.07 Å². The number of halogens is 3. The van der Waals surface area contributed by atoms with E-state index in [0.29, 0.717) is 6.07 Å². The first-order valence-corrected chi connectivity index (χ1v) is 7.17. The summed E-state index contributed by atoms with van der Waals surface area (Å²) in [5.41, 5.74) is -0.0399. The van der Waals surface area contributed by atoms with Gasteiger partial charge in [-0.2, -0.15) is 0 Å². The van der Waals surface area contributed by atoms with Crippen molar-refractivity contribution in [3.8, 4) is 0 Å². The van der Waals surface area contributed by atoms with Crippen LogP contribution in [0.5, 0.6) is 0 Å². The molecule has 0 aliphatic rings. The van der Waals surface area contributed by atoms with Gasteiger partial charge < -0.3 is 9.47 Å². The lowest BCUT2D eigenvalue weighted by Gasteiger charge is -2.21. The first-order chi connectivity index (χ1) is 10.2. The molecule has 0 saturated carbocycles. The van der Waals surface area contributed by atoms with Crippen molar-refractivity contribution in [1.29, 1.82) is 0 Å². The van der Waals surface area contributed by atoms with Crippen molar-refractivity contribution in [3.63, 3.8) is 0 Å². The van der Waals surface area contributed by atoms with E-state index in [9.17, 15) is 18.0 Å². The summed E-state index contributed by atoms with van der Waals surface area (Å²) in [6.07, 6.45) is -1.29. The van der Waals surface area contributed by atoms with Gasteiger partial charge in [-0.15, -0.1) is 0 Å². The second-order valence-corrected chi connectivity index (χ2v) is 5.61. The maximum Gasteiger partial charge on any atom is 0.308 e. The molecule has 0 saturated heterocycles. The van der Waals surface area contributed by atoms with Crippen LogP contribution in [0.4, 0.5) is 13.2 Å². The summed E-state index contributed by atoms with van der Waals surface area (Å²) in [4.78, 5) is 11.7. The molecule has 124 valence electrons. The van der Waals surface area contributed by atoms with E-state index >= 15 is 0 Å². The molecule has 0 N–H and O–H groups in total. The average molecular weight is 318 g/mol. The Balaban J connectivity index is 2.85. The minimum atomic E-state index is -1.25. The van der Waals surface area contributed by atoms with E-state index in [1.807, 2.05) is 0 Å². The highest BCUT2D eigenvalue weighted by molar-refractivity contribution is 5.70. The third-order valence-corrected chi connectivity index (χ3v) is 2.76. The Bertz CT molecular complexity index is 516. The summed E-state index contributed by atoms with van der Waals surface area (Å²) in [6.45, 7) is 6.96. The van der Waals surface area contributed by atoms with Crippen LogP contribution in [-0.4, -0.2) is 24.3 Å². The van der Waals surface area contributed by atoms with Gasteiger partial charge in [-0.3, -0.25) is 4.79 Å². The Morgan fingerprint density at radius 3 is 2.14 bits per heavy atom. The maximum atomic E-state index is 13.7. The van der Waals surface area contributed by atoms with Crippen molar-refractivity contribution in [1.82, 2.24) is 0 Å². The Morgan fingerprint density at radius 1 is 1.00 bits per heavy atom. The molecule has 0 amide bonds. The summed E-state index contributed by atoms with van der Waals surface area (Å²) in [6, 6.07) is 1.28. The lowest BCUT2D eigenvalue weighted by Crippen LogP contribution is -2.26. The number of esters is 1. The largest absolute Gasteiger partial charge is 0.463 e. The SMILES string of the molecule is CC(C)OC(=O)CC(Cc1cc(F)c(F)cc1F)OC(C)C. The molecule has 1 atom stereocenters. The van der Waals surface area contributed by atoms with E-state index in [4.69, 9.17) is 9.47 Å². The number of benzene rings is 1. The standard InChI is InChI=1S/C16H21F3O3/c1-9(2)21-12(7-16(20)22-10(3)4)5-11-6-14(18)15(19)8-13(11)17/h6,8-10,12H,5,7H2,1-4H3. The number of carbonyl (C=O) groups excluding carboxylic acids is 1. The topological polar surface area (TPSA) is 35.5 Å². The van der Waals surface area contributed by atoms with Crippen molar-refractivity contribution in [2.75, 3.05) is 0 Å². The van der Waals surface area contributed by atoms with Gasteiger partial charge in [0.15, 0.2) is 11.6 Å². The van der Waals surface area contributed by atoms with Gasteiger partial charge in [0.25, 0.3) is 0 Å². The van der Waals surface area contributed by atoms with Crippen LogP contribution in [0.1, 0.15) is 39.7 Å². The lowest BCUT2D eigenvalue weighted by atomic mass is 10.0. The van der Waals surface area contributed by atoms with Gasteiger partial charge in [0.1, 0.15) is 5.82 Å². The van der Waals surface area contributed by atoms with Crippen LogP contribution < -0.4 is 0 Å². The molecule has 0 radical (unpaired) electrons. The molecule has 1 aromatic rings. The van der Waals surface area contributed by atoms with Crippen LogP contribution in [0.25, 0.3) is 0 Å². The lowest BCUT2D eigenvalue weighted by molar-refractivity contribution is -0.151. The number of hydrogen-bond acceptors (Lipinski definition) is 3. The molecule has 6 heteroatoms. The summed E-state index contributed by atoms with van der Waals surface area (Å²) in [7, 11) is 0. The highest BCUT2D eigenvalue weighted by Gasteiger charge is 2.21. The Morgan fingerprint density at radius 2 is 1.59 bits per heavy atom. The summed E-state index contributed by atoms with van der Waals surface area (Å²) in [5.74, 6) is -3.73. The van der Waals surface area contributed by atoms with E-state index in [-0.39, 0.29) is 30.6 Å². The fourth-order valence-corrected chi connectivity index (χ4v) is 2.02. The van der Waals surface area contributed by atoms with E-state index in [2.05, 4.69) is 0 Å². The molecule has 0 fully saturated rings. The van der Waals surface area contributed by atoms with Gasteiger partial charge in [-0.05, 0) is 39.3 Å². The number of ether oxygens (including phenoxy) is 2. The first-order valence-electron chi connectivity index (χ1n) is 7.17. The second kappa shape index (κ2) is 8.17. The number of rotatable bonds is 7. The van der Waals surface area contributed by atoms with Gasteiger partial charge in [-0.25, -0.2) is 13.2 Å². The quantitative estimate of drug-likeness (QED) is 0.567. The molecule has 0 heterocycles. The molecule has 0 aromatic heterocycles. The molecule has 0 bridgehead atoms. The Hall–Kier alpha value is -1.56. The second-order valence-electron chi connectivity index (χ2n) is 5.61. The van der Waals surface area contributed by atoms with E-state index in [1.54, 1.807) is 27.7 Å². The third kappa shape index (κ3) is 6.05. The minimum Gasteiger partial charge on any atom is -0.463 e. The predicted molar refractivity (Wildman–Crippen MR) is 75.9 cm³/mol. The third-order valence-electron chi connectivity index (χ3n) is 2.76. The fourth-order valence-electron chi connectivity index (χ4n) is 2.02. The van der Waals surface area contributed by atoms with E-state index < -0.39 is 29.5 Å². The molecule has 1 aromatic carbocycles. The molecular formula is C16H21F3O3. The highest BCUT2D eigenvalue weighted by Crippen LogP contribution is 2.18. The monoisotopic (exact) mass is 318 g/mol. The summed E-state index contributed by atoms with van der Waals surface area (Å²) < 4.78 is 50.4. The van der Waals surface area contributed by atoms with Gasteiger partial charge in [-0.1, -0.05) is 0 Å². The average Bonchev–Trinajstić information content (AvgIpc) is 2.33. The summed E-state index contributed by atoms with van der Waals surface area (Å²) >= 11 is 0. The van der Waals surface area contributed by atoms with Crippen molar-refractivity contribution in [2.24, 2.45) is 0 Å². The van der Waals surface area contributed by atoms with Crippen LogP contribution in [0.15, 0.2) is 12.1 Å². The molecule has 1 rings (SSSR count). The van der Waals surface area contributed by atoms with Crippen molar-refractivity contribution in [3.05, 3.63) is 35.1 Å². The fraction of sp³-hybridized carbons (Fsp3) is 0.562. The molecular weight excluding hydrogens is 297 g/mol. The minimum absolute atomic E-state index is 0.0399. The van der Waals surface area contributed by atoms with Gasteiger partial charge in [0, 0.05) is 12.5 Å². The maximum absolute atomic E-state index is 13.7. The van der Waals surface area contributed by atoms with Crippen LogP contribution in [0.2, 0.25) is 0 Å². The van der Waals surface area contributed by atoms with Crippen LogP contribution in [0, 0.1) is 17.5 Å². The normalized spacial score (nSPS) is 12.8. The molecule has 0 spiro atoms. The van der Waals surface area contributed by atoms with Crippen molar-refractivity contribution in [2.45, 2.75) is 58.8 Å². The Labute approximate surface area is 128 Å². The number of carbonyl (C=O) groups is 1. The van der Waals surface area contributed by atoms with E-state index in [1.165, 1.54) is 0 Å². The molecule has 22 heavy (non-hydrogen) atoms. The van der Waals surface area contributed by atoms with Gasteiger partial charge in [0.2, 0.25) is 0 Å². The zero-order valence-corrected chi connectivity index (χ0v) is 13.2. The first kappa shape index (κ1) is 18.5. The van der Waals surface area contributed by atoms with Crippen molar-refractivity contribution >= 4 is 5.97 Å². The highest BCUT2D eigenvalue weighted by atomic mass is 19.2. The Kier molecular flexibility index (Phi) is 6.87.